The number of fused-ring (bicyclic) bond motifs is 1. The van der Waals surface area contributed by atoms with Crippen LogP contribution in [0.2, 0.25) is 0 Å². The maximum Gasteiger partial charge on any atom is 0.251 e. The predicted octanol–water partition coefficient (Wildman–Crippen LogP) is 3.69. The van der Waals surface area contributed by atoms with Crippen LogP contribution in [0.4, 0.5) is 0 Å². The number of nitrogens with zero attached hydrogens (tertiary/aromatic N) is 1. The van der Waals surface area contributed by atoms with Gasteiger partial charge in [0, 0.05) is 29.6 Å². The fraction of sp³-hybridized carbons (Fsp3) is 0.391. The van der Waals surface area contributed by atoms with Gasteiger partial charge in [0.2, 0.25) is 5.91 Å². The number of carbonyl (C=O) groups is 2. The summed E-state index contributed by atoms with van der Waals surface area (Å²) in [7, 11) is 0. The number of hydrogen-bond acceptors (Lipinski definition) is 3. The molecule has 4 rings (SSSR count). The molecule has 0 aromatic heterocycles. The van der Waals surface area contributed by atoms with Gasteiger partial charge >= 0.3 is 0 Å². The SMILES string of the molecule is O=C(NC1CCN(C(=O)CSc2ccc3c(c2)CCC3)CC1)c1ccccc1. The number of nitrogens with one attached hydrogen (secondary N) is 1. The minimum atomic E-state index is -0.0301. The summed E-state index contributed by atoms with van der Waals surface area (Å²) in [5.74, 6) is 0.649. The van der Waals surface area contributed by atoms with Crippen molar-refractivity contribution in [2.45, 2.75) is 43.0 Å². The highest BCUT2D eigenvalue weighted by Gasteiger charge is 2.24. The van der Waals surface area contributed by atoms with Crippen LogP contribution in [0.1, 0.15) is 40.7 Å². The van der Waals surface area contributed by atoms with Gasteiger partial charge in [-0.3, -0.25) is 9.59 Å². The van der Waals surface area contributed by atoms with Crippen molar-refractivity contribution in [3.63, 3.8) is 0 Å². The second-order valence-corrected chi connectivity index (χ2v) is 8.62. The molecule has 1 fully saturated rings. The van der Waals surface area contributed by atoms with Gasteiger partial charge in [0.15, 0.2) is 0 Å². The topological polar surface area (TPSA) is 49.4 Å². The van der Waals surface area contributed by atoms with Crippen LogP contribution in [0.15, 0.2) is 53.4 Å². The number of hydrogen-bond donors (Lipinski definition) is 1. The van der Waals surface area contributed by atoms with Crippen molar-refractivity contribution in [3.05, 3.63) is 65.2 Å². The molecule has 0 spiro atoms. The molecular formula is C23H26N2O2S. The molecule has 1 N–H and O–H groups in total. The number of likely N-dealkylation sites (tertiary alicyclic amines) is 1. The van der Waals surface area contributed by atoms with Crippen LogP contribution in [0.5, 0.6) is 0 Å². The first-order valence-electron chi connectivity index (χ1n) is 10.1. The van der Waals surface area contributed by atoms with Crippen LogP contribution in [-0.4, -0.2) is 41.6 Å². The largest absolute Gasteiger partial charge is 0.349 e. The monoisotopic (exact) mass is 394 g/mol. The molecule has 0 atom stereocenters. The van der Waals surface area contributed by atoms with Crippen LogP contribution in [0.25, 0.3) is 0 Å². The quantitative estimate of drug-likeness (QED) is 0.787. The fourth-order valence-corrected chi connectivity index (χ4v) is 4.87. The average molecular weight is 395 g/mol. The second-order valence-electron chi connectivity index (χ2n) is 7.57. The standard InChI is InChI=1S/C23H26N2O2S/c26-22(16-28-21-10-9-17-7-4-8-19(17)15-21)25-13-11-20(12-14-25)24-23(27)18-5-2-1-3-6-18/h1-3,5-6,9-10,15,20H,4,7-8,11-14,16H2,(H,24,27). The van der Waals surface area contributed by atoms with E-state index in [1.165, 1.54) is 35.3 Å². The van der Waals surface area contributed by atoms with Crippen molar-refractivity contribution in [3.8, 4) is 0 Å². The van der Waals surface area contributed by atoms with Gasteiger partial charge in [0.05, 0.1) is 5.75 Å². The Bertz CT molecular complexity index is 845. The summed E-state index contributed by atoms with van der Waals surface area (Å²) in [6.07, 6.45) is 5.23. The molecule has 4 nitrogen and oxygen atoms in total. The molecule has 1 aliphatic heterocycles. The van der Waals surface area contributed by atoms with Crippen molar-refractivity contribution < 1.29 is 9.59 Å². The number of thioether (sulfide) groups is 1. The lowest BCUT2D eigenvalue weighted by atomic mass is 10.0. The van der Waals surface area contributed by atoms with E-state index in [9.17, 15) is 9.59 Å². The average Bonchev–Trinajstić information content (AvgIpc) is 3.21. The van der Waals surface area contributed by atoms with Crippen molar-refractivity contribution in [2.75, 3.05) is 18.8 Å². The number of amides is 2. The maximum atomic E-state index is 12.6. The molecule has 5 heteroatoms. The number of rotatable bonds is 5. The number of carbonyl (C=O) groups excluding carboxylic acids is 2. The van der Waals surface area contributed by atoms with Gasteiger partial charge in [-0.25, -0.2) is 0 Å². The van der Waals surface area contributed by atoms with E-state index in [4.69, 9.17) is 0 Å². The lowest BCUT2D eigenvalue weighted by molar-refractivity contribution is -0.129. The Hall–Kier alpha value is -2.27. The number of benzene rings is 2. The summed E-state index contributed by atoms with van der Waals surface area (Å²) < 4.78 is 0. The molecule has 1 heterocycles. The van der Waals surface area contributed by atoms with Crippen LogP contribution in [0, 0.1) is 0 Å². The predicted molar refractivity (Wildman–Crippen MR) is 113 cm³/mol. The summed E-state index contributed by atoms with van der Waals surface area (Å²) in [5, 5.41) is 3.09. The molecule has 2 aliphatic rings. The third kappa shape index (κ3) is 4.58. The third-order valence-corrected chi connectivity index (χ3v) is 6.63. The molecular weight excluding hydrogens is 368 g/mol. The molecule has 1 saturated heterocycles. The van der Waals surface area contributed by atoms with E-state index >= 15 is 0 Å². The molecule has 146 valence electrons. The zero-order chi connectivity index (χ0) is 19.3. The lowest BCUT2D eigenvalue weighted by Crippen LogP contribution is -2.47. The molecule has 28 heavy (non-hydrogen) atoms. The van der Waals surface area contributed by atoms with Crippen molar-refractivity contribution in [1.29, 1.82) is 0 Å². The summed E-state index contributed by atoms with van der Waals surface area (Å²) in [6, 6.07) is 16.1. The normalized spacial score (nSPS) is 16.6. The Morgan fingerprint density at radius 1 is 1.00 bits per heavy atom. The third-order valence-electron chi connectivity index (χ3n) is 5.65. The van der Waals surface area contributed by atoms with Crippen LogP contribution in [-0.2, 0) is 17.6 Å². The van der Waals surface area contributed by atoms with Gasteiger partial charge in [-0.15, -0.1) is 11.8 Å². The summed E-state index contributed by atoms with van der Waals surface area (Å²) >= 11 is 1.64. The minimum Gasteiger partial charge on any atom is -0.349 e. The van der Waals surface area contributed by atoms with Gasteiger partial charge in [-0.1, -0.05) is 24.3 Å². The molecule has 0 unspecified atom stereocenters. The van der Waals surface area contributed by atoms with Gasteiger partial charge in [-0.2, -0.15) is 0 Å². The molecule has 0 radical (unpaired) electrons. The first-order chi connectivity index (χ1) is 13.7. The number of aryl methyl sites for hydroxylation is 2. The lowest BCUT2D eigenvalue weighted by Gasteiger charge is -2.32. The number of piperidine rings is 1. The molecule has 1 aliphatic carbocycles. The maximum absolute atomic E-state index is 12.6. The Labute approximate surface area is 170 Å². The van der Waals surface area contributed by atoms with Crippen molar-refractivity contribution in [1.82, 2.24) is 10.2 Å². The van der Waals surface area contributed by atoms with E-state index in [0.717, 1.165) is 12.8 Å². The molecule has 2 aromatic rings. The Morgan fingerprint density at radius 2 is 1.75 bits per heavy atom. The van der Waals surface area contributed by atoms with E-state index in [1.807, 2.05) is 35.2 Å². The van der Waals surface area contributed by atoms with E-state index in [2.05, 4.69) is 23.5 Å². The molecule has 2 aromatic carbocycles. The Balaban J connectivity index is 1.22. The van der Waals surface area contributed by atoms with E-state index in [1.54, 1.807) is 11.8 Å². The Morgan fingerprint density at radius 3 is 2.54 bits per heavy atom. The van der Waals surface area contributed by atoms with Crippen LogP contribution in [0.3, 0.4) is 0 Å². The highest BCUT2D eigenvalue weighted by molar-refractivity contribution is 8.00. The van der Waals surface area contributed by atoms with Crippen LogP contribution < -0.4 is 5.32 Å². The smallest absolute Gasteiger partial charge is 0.251 e. The van der Waals surface area contributed by atoms with E-state index in [-0.39, 0.29) is 17.9 Å². The highest BCUT2D eigenvalue weighted by atomic mass is 32.2. The Kier molecular flexibility index (Phi) is 6.01. The fourth-order valence-electron chi connectivity index (χ4n) is 4.01. The van der Waals surface area contributed by atoms with Crippen molar-refractivity contribution in [2.24, 2.45) is 0 Å². The molecule has 0 saturated carbocycles. The first kappa shape index (κ1) is 19.1. The second kappa shape index (κ2) is 8.82. The zero-order valence-corrected chi connectivity index (χ0v) is 16.8. The highest BCUT2D eigenvalue weighted by Crippen LogP contribution is 2.28. The van der Waals surface area contributed by atoms with E-state index in [0.29, 0.717) is 24.4 Å². The van der Waals surface area contributed by atoms with E-state index < -0.39 is 0 Å². The van der Waals surface area contributed by atoms with Gasteiger partial charge in [0.25, 0.3) is 5.91 Å². The summed E-state index contributed by atoms with van der Waals surface area (Å²) in [5.41, 5.74) is 3.61. The zero-order valence-electron chi connectivity index (χ0n) is 16.0. The van der Waals surface area contributed by atoms with Crippen molar-refractivity contribution >= 4 is 23.6 Å². The summed E-state index contributed by atoms with van der Waals surface area (Å²) in [6.45, 7) is 1.42. The molecule has 2 amide bonds. The van der Waals surface area contributed by atoms with Gasteiger partial charge in [-0.05, 0) is 67.5 Å². The minimum absolute atomic E-state index is 0.0301. The van der Waals surface area contributed by atoms with Gasteiger partial charge in [0.1, 0.15) is 0 Å². The van der Waals surface area contributed by atoms with Gasteiger partial charge < -0.3 is 10.2 Å². The van der Waals surface area contributed by atoms with Crippen LogP contribution >= 0.6 is 11.8 Å². The molecule has 0 bridgehead atoms. The first-order valence-corrected chi connectivity index (χ1v) is 11.1. The summed E-state index contributed by atoms with van der Waals surface area (Å²) in [4.78, 5) is 28.0.